The molecule has 1 aliphatic heterocycles. The summed E-state index contributed by atoms with van der Waals surface area (Å²) in [4.78, 5) is 6.91. The minimum Gasteiger partial charge on any atom is -0.439 e. The van der Waals surface area contributed by atoms with Crippen LogP contribution in [0, 0.1) is 0 Å². The van der Waals surface area contributed by atoms with E-state index in [0.29, 0.717) is 5.02 Å². The molecule has 2 aromatic rings. The molecule has 0 radical (unpaired) electrons. The number of benzene rings is 1. The molecule has 4 nitrogen and oxygen atoms in total. The van der Waals surface area contributed by atoms with Crippen molar-refractivity contribution < 1.29 is 4.42 Å². The fourth-order valence-corrected chi connectivity index (χ4v) is 2.49. The minimum absolute atomic E-state index is 0.207. The molecular formula is C13H16ClN3O. The Balaban J connectivity index is 1.88. The lowest BCUT2D eigenvalue weighted by atomic mass is 10.2. The van der Waals surface area contributed by atoms with Crippen LogP contribution in [0.2, 0.25) is 5.02 Å². The Bertz CT molecular complexity index is 548. The third-order valence-corrected chi connectivity index (χ3v) is 3.66. The summed E-state index contributed by atoms with van der Waals surface area (Å²) in [5.74, 6) is 0.772. The molecule has 5 heteroatoms. The van der Waals surface area contributed by atoms with Crippen LogP contribution >= 0.6 is 11.6 Å². The van der Waals surface area contributed by atoms with Gasteiger partial charge in [-0.2, -0.15) is 0 Å². The van der Waals surface area contributed by atoms with Crippen molar-refractivity contribution in [3.05, 3.63) is 29.1 Å². The van der Waals surface area contributed by atoms with Gasteiger partial charge < -0.3 is 9.73 Å². The number of nitrogens with one attached hydrogen (secondary N) is 1. The predicted octanol–water partition coefficient (Wildman–Crippen LogP) is 2.45. The molecule has 0 bridgehead atoms. The van der Waals surface area contributed by atoms with Gasteiger partial charge in [-0.05, 0) is 25.1 Å². The van der Waals surface area contributed by atoms with Crippen LogP contribution in [0.25, 0.3) is 11.1 Å². The summed E-state index contributed by atoms with van der Waals surface area (Å²) in [5.41, 5.74) is 1.64. The molecule has 0 aliphatic carbocycles. The van der Waals surface area contributed by atoms with Gasteiger partial charge in [0.15, 0.2) is 5.58 Å². The van der Waals surface area contributed by atoms with E-state index in [1.165, 1.54) is 0 Å². The number of piperazine rings is 1. The van der Waals surface area contributed by atoms with Crippen molar-refractivity contribution in [3.8, 4) is 0 Å². The first-order chi connectivity index (χ1) is 8.74. The molecule has 1 atom stereocenters. The summed E-state index contributed by atoms with van der Waals surface area (Å²) in [5, 5.41) is 4.04. The van der Waals surface area contributed by atoms with Crippen LogP contribution in [-0.2, 0) is 0 Å². The fourth-order valence-electron chi connectivity index (χ4n) is 2.32. The minimum atomic E-state index is 0.207. The van der Waals surface area contributed by atoms with E-state index in [1.54, 1.807) is 0 Å². The largest absolute Gasteiger partial charge is 0.439 e. The van der Waals surface area contributed by atoms with Gasteiger partial charge in [0.2, 0.25) is 5.89 Å². The number of halogens is 1. The lowest BCUT2D eigenvalue weighted by molar-refractivity contribution is 0.164. The maximum absolute atomic E-state index is 5.96. The van der Waals surface area contributed by atoms with Crippen molar-refractivity contribution in [2.75, 3.05) is 26.2 Å². The molecule has 1 aromatic carbocycles. The van der Waals surface area contributed by atoms with Crippen LogP contribution in [0.1, 0.15) is 18.9 Å². The smallest absolute Gasteiger partial charge is 0.212 e. The van der Waals surface area contributed by atoms with Gasteiger partial charge in [-0.3, -0.25) is 4.90 Å². The summed E-state index contributed by atoms with van der Waals surface area (Å²) in [7, 11) is 0. The van der Waals surface area contributed by atoms with Crippen LogP contribution in [0.15, 0.2) is 22.6 Å². The number of hydrogen-bond acceptors (Lipinski definition) is 4. The average Bonchev–Trinajstić information content (AvgIpc) is 2.81. The van der Waals surface area contributed by atoms with Crippen LogP contribution in [-0.4, -0.2) is 36.1 Å². The molecular weight excluding hydrogens is 250 g/mol. The molecule has 1 fully saturated rings. The standard InChI is InChI=1S/C13H16ClN3O/c1-9(17-6-4-15-5-7-17)13-16-11-8-10(14)2-3-12(11)18-13/h2-3,8-9,15H,4-7H2,1H3. The van der Waals surface area contributed by atoms with Gasteiger partial charge >= 0.3 is 0 Å². The maximum Gasteiger partial charge on any atom is 0.212 e. The number of aromatic nitrogens is 1. The van der Waals surface area contributed by atoms with E-state index in [9.17, 15) is 0 Å². The molecule has 1 aliphatic rings. The molecule has 0 amide bonds. The van der Waals surface area contributed by atoms with Crippen molar-refractivity contribution in [2.24, 2.45) is 0 Å². The zero-order valence-corrected chi connectivity index (χ0v) is 11.1. The highest BCUT2D eigenvalue weighted by Gasteiger charge is 2.22. The SMILES string of the molecule is CC(c1nc2cc(Cl)ccc2o1)N1CCNCC1. The van der Waals surface area contributed by atoms with E-state index in [-0.39, 0.29) is 6.04 Å². The molecule has 2 heterocycles. The summed E-state index contributed by atoms with van der Waals surface area (Å²) in [6, 6.07) is 5.75. The Morgan fingerprint density at radius 1 is 1.39 bits per heavy atom. The molecule has 3 rings (SSSR count). The van der Waals surface area contributed by atoms with E-state index in [2.05, 4.69) is 22.1 Å². The van der Waals surface area contributed by atoms with Crippen molar-refractivity contribution in [2.45, 2.75) is 13.0 Å². The highest BCUT2D eigenvalue weighted by atomic mass is 35.5. The van der Waals surface area contributed by atoms with Crippen LogP contribution in [0.4, 0.5) is 0 Å². The zero-order valence-electron chi connectivity index (χ0n) is 10.3. The first-order valence-corrected chi connectivity index (χ1v) is 6.62. The molecule has 0 spiro atoms. The Morgan fingerprint density at radius 3 is 2.94 bits per heavy atom. The van der Waals surface area contributed by atoms with Gasteiger partial charge in [-0.15, -0.1) is 0 Å². The Labute approximate surface area is 111 Å². The van der Waals surface area contributed by atoms with Crippen molar-refractivity contribution in [1.82, 2.24) is 15.2 Å². The summed E-state index contributed by atoms with van der Waals surface area (Å²) >= 11 is 5.96. The number of fused-ring (bicyclic) bond motifs is 1. The second-order valence-corrected chi connectivity index (χ2v) is 5.06. The van der Waals surface area contributed by atoms with Gasteiger partial charge in [0.25, 0.3) is 0 Å². The normalized spacial score (nSPS) is 19.2. The first-order valence-electron chi connectivity index (χ1n) is 6.25. The Kier molecular flexibility index (Phi) is 3.24. The molecule has 1 unspecified atom stereocenters. The Morgan fingerprint density at radius 2 is 2.17 bits per heavy atom. The van der Waals surface area contributed by atoms with Gasteiger partial charge in [0.05, 0.1) is 6.04 Å². The number of nitrogens with zero attached hydrogens (tertiary/aromatic N) is 2. The monoisotopic (exact) mass is 265 g/mol. The highest BCUT2D eigenvalue weighted by Crippen LogP contribution is 2.26. The second kappa shape index (κ2) is 4.88. The number of rotatable bonds is 2. The number of oxazole rings is 1. The van der Waals surface area contributed by atoms with Crippen LogP contribution < -0.4 is 5.32 Å². The summed E-state index contributed by atoms with van der Waals surface area (Å²) in [6.45, 7) is 6.24. The lowest BCUT2D eigenvalue weighted by Crippen LogP contribution is -2.44. The quantitative estimate of drug-likeness (QED) is 0.906. The van der Waals surface area contributed by atoms with E-state index in [4.69, 9.17) is 16.0 Å². The highest BCUT2D eigenvalue weighted by molar-refractivity contribution is 6.31. The van der Waals surface area contributed by atoms with Crippen LogP contribution in [0.3, 0.4) is 0 Å². The van der Waals surface area contributed by atoms with Gasteiger partial charge in [-0.1, -0.05) is 11.6 Å². The molecule has 1 aromatic heterocycles. The zero-order chi connectivity index (χ0) is 12.5. The van der Waals surface area contributed by atoms with Crippen molar-refractivity contribution >= 4 is 22.7 Å². The van der Waals surface area contributed by atoms with Gasteiger partial charge in [0.1, 0.15) is 5.52 Å². The van der Waals surface area contributed by atoms with E-state index >= 15 is 0 Å². The lowest BCUT2D eigenvalue weighted by Gasteiger charge is -2.30. The maximum atomic E-state index is 5.96. The molecule has 1 saturated heterocycles. The van der Waals surface area contributed by atoms with Gasteiger partial charge in [-0.25, -0.2) is 4.98 Å². The molecule has 0 saturated carbocycles. The second-order valence-electron chi connectivity index (χ2n) is 4.63. The Hall–Kier alpha value is -1.10. The number of hydrogen-bond donors (Lipinski definition) is 1. The average molecular weight is 266 g/mol. The first kappa shape index (κ1) is 12.0. The fraction of sp³-hybridized carbons (Fsp3) is 0.462. The third kappa shape index (κ3) is 2.23. The van der Waals surface area contributed by atoms with E-state index < -0.39 is 0 Å². The predicted molar refractivity (Wildman–Crippen MR) is 71.9 cm³/mol. The molecule has 18 heavy (non-hydrogen) atoms. The van der Waals surface area contributed by atoms with E-state index in [1.807, 2.05) is 18.2 Å². The van der Waals surface area contributed by atoms with Gasteiger partial charge in [0, 0.05) is 31.2 Å². The third-order valence-electron chi connectivity index (χ3n) is 3.42. The van der Waals surface area contributed by atoms with Crippen molar-refractivity contribution in [1.29, 1.82) is 0 Å². The van der Waals surface area contributed by atoms with E-state index in [0.717, 1.165) is 43.2 Å². The summed E-state index contributed by atoms with van der Waals surface area (Å²) < 4.78 is 5.81. The summed E-state index contributed by atoms with van der Waals surface area (Å²) in [6.07, 6.45) is 0. The van der Waals surface area contributed by atoms with Crippen molar-refractivity contribution in [3.63, 3.8) is 0 Å². The topological polar surface area (TPSA) is 41.3 Å². The van der Waals surface area contributed by atoms with Crippen LogP contribution in [0.5, 0.6) is 0 Å². The molecule has 1 N–H and O–H groups in total. The molecule has 96 valence electrons.